The third-order valence-corrected chi connectivity index (χ3v) is 3.55. The normalized spacial score (nSPS) is 13.6. The molecule has 106 valence electrons. The van der Waals surface area contributed by atoms with Crippen LogP contribution in [0.2, 0.25) is 0 Å². The van der Waals surface area contributed by atoms with Crippen molar-refractivity contribution >= 4 is 21.9 Å². The molecule has 6 heteroatoms. The van der Waals surface area contributed by atoms with Crippen molar-refractivity contribution in [3.05, 3.63) is 22.2 Å². The topological polar surface area (TPSA) is 65.0 Å². The Morgan fingerprint density at radius 1 is 1.21 bits per heavy atom. The Labute approximate surface area is 120 Å². The summed E-state index contributed by atoms with van der Waals surface area (Å²) < 4.78 is 15.6. The summed E-state index contributed by atoms with van der Waals surface area (Å²) in [4.78, 5) is 11.5. The minimum absolute atomic E-state index is 0.478. The van der Waals surface area contributed by atoms with Gasteiger partial charge in [0.15, 0.2) is 11.5 Å². The van der Waals surface area contributed by atoms with Crippen molar-refractivity contribution < 1.29 is 24.1 Å². The molecule has 1 aromatic rings. The Morgan fingerprint density at radius 3 is 2.21 bits per heavy atom. The molecular formula is C13H17BrO5. The van der Waals surface area contributed by atoms with Gasteiger partial charge in [-0.1, -0.05) is 15.9 Å². The minimum atomic E-state index is -0.998. The fourth-order valence-electron chi connectivity index (χ4n) is 1.68. The van der Waals surface area contributed by atoms with E-state index in [-0.39, 0.29) is 0 Å². The zero-order valence-corrected chi connectivity index (χ0v) is 12.9. The van der Waals surface area contributed by atoms with E-state index in [1.807, 2.05) is 0 Å². The van der Waals surface area contributed by atoms with Gasteiger partial charge in [-0.3, -0.25) is 4.79 Å². The lowest BCUT2D eigenvalue weighted by molar-refractivity contribution is -0.148. The molecule has 1 N–H and O–H groups in total. The van der Waals surface area contributed by atoms with Crippen molar-refractivity contribution in [3.8, 4) is 11.5 Å². The molecule has 19 heavy (non-hydrogen) atoms. The van der Waals surface area contributed by atoms with E-state index in [1.54, 1.807) is 19.1 Å². The number of carbonyl (C=O) groups excluding carboxylic acids is 1. The van der Waals surface area contributed by atoms with E-state index >= 15 is 0 Å². The number of rotatable bonds is 5. The fourth-order valence-corrected chi connectivity index (χ4v) is 2.24. The summed E-state index contributed by atoms with van der Waals surface area (Å²) in [6, 6.07) is 3.31. The Hall–Kier alpha value is -1.27. The molecule has 0 saturated carbocycles. The van der Waals surface area contributed by atoms with Gasteiger partial charge in [0, 0.05) is 4.47 Å². The van der Waals surface area contributed by atoms with Crippen LogP contribution in [0.25, 0.3) is 0 Å². The van der Waals surface area contributed by atoms with Gasteiger partial charge in [-0.05, 0) is 24.6 Å². The predicted octanol–water partition coefficient (Wildman–Crippen LogP) is 2.31. The predicted molar refractivity (Wildman–Crippen MR) is 73.4 cm³/mol. The van der Waals surface area contributed by atoms with Crippen LogP contribution < -0.4 is 9.47 Å². The highest BCUT2D eigenvalue weighted by molar-refractivity contribution is 9.10. The molecule has 0 bridgehead atoms. The van der Waals surface area contributed by atoms with Crippen LogP contribution in [0.3, 0.4) is 0 Å². The third kappa shape index (κ3) is 3.39. The molecule has 0 fully saturated rings. The van der Waals surface area contributed by atoms with Crippen LogP contribution in [0, 0.1) is 5.92 Å². The zero-order chi connectivity index (χ0) is 14.6. The monoisotopic (exact) mass is 332 g/mol. The number of carbonyl (C=O) groups is 1. The number of aliphatic hydroxyl groups excluding tert-OH is 1. The standard InChI is InChI=1S/C13H17BrO5/c1-7(13(16)19-4)12(15)8-5-10(17-2)11(18-3)6-9(8)14/h5-7,12,15H,1-4H3. The van der Waals surface area contributed by atoms with Gasteiger partial charge in [0.2, 0.25) is 0 Å². The van der Waals surface area contributed by atoms with Crippen molar-refractivity contribution in [3.63, 3.8) is 0 Å². The molecule has 1 rings (SSSR count). The number of halogens is 1. The molecule has 1 aromatic carbocycles. The SMILES string of the molecule is COC(=O)C(C)C(O)c1cc(OC)c(OC)cc1Br. The van der Waals surface area contributed by atoms with E-state index in [4.69, 9.17) is 9.47 Å². The lowest BCUT2D eigenvalue weighted by Gasteiger charge is -2.20. The maximum absolute atomic E-state index is 11.5. The molecule has 0 saturated heterocycles. The van der Waals surface area contributed by atoms with Gasteiger partial charge in [0.25, 0.3) is 0 Å². The summed E-state index contributed by atoms with van der Waals surface area (Å²) in [7, 11) is 4.32. The molecule has 5 nitrogen and oxygen atoms in total. The largest absolute Gasteiger partial charge is 0.493 e. The Morgan fingerprint density at radius 2 is 1.74 bits per heavy atom. The second-order valence-corrected chi connectivity index (χ2v) is 4.84. The first-order valence-electron chi connectivity index (χ1n) is 5.63. The van der Waals surface area contributed by atoms with Crippen LogP contribution in [0.5, 0.6) is 11.5 Å². The lowest BCUT2D eigenvalue weighted by atomic mass is 9.97. The fraction of sp³-hybridized carbons (Fsp3) is 0.462. The first-order chi connectivity index (χ1) is 8.96. The van der Waals surface area contributed by atoms with Crippen molar-refractivity contribution in [1.82, 2.24) is 0 Å². The molecule has 0 aliphatic heterocycles. The van der Waals surface area contributed by atoms with E-state index in [0.717, 1.165) is 0 Å². The molecule has 0 aliphatic rings. The maximum Gasteiger partial charge on any atom is 0.311 e. The van der Waals surface area contributed by atoms with Crippen LogP contribution in [0.15, 0.2) is 16.6 Å². The quantitative estimate of drug-likeness (QED) is 0.838. The van der Waals surface area contributed by atoms with Crippen LogP contribution in [0.4, 0.5) is 0 Å². The number of hydrogen-bond donors (Lipinski definition) is 1. The Bertz CT molecular complexity index is 461. The van der Waals surface area contributed by atoms with Gasteiger partial charge >= 0.3 is 5.97 Å². The number of methoxy groups -OCH3 is 3. The average molecular weight is 333 g/mol. The molecule has 2 atom stereocenters. The molecular weight excluding hydrogens is 316 g/mol. The second kappa shape index (κ2) is 6.77. The summed E-state index contributed by atoms with van der Waals surface area (Å²) in [5.41, 5.74) is 0.538. The van der Waals surface area contributed by atoms with Crippen molar-refractivity contribution in [2.75, 3.05) is 21.3 Å². The van der Waals surface area contributed by atoms with Crippen molar-refractivity contribution in [1.29, 1.82) is 0 Å². The molecule has 0 amide bonds. The maximum atomic E-state index is 11.5. The van der Waals surface area contributed by atoms with E-state index in [2.05, 4.69) is 20.7 Å². The van der Waals surface area contributed by atoms with Gasteiger partial charge in [0.1, 0.15) is 0 Å². The second-order valence-electron chi connectivity index (χ2n) is 3.99. The number of benzene rings is 1. The lowest BCUT2D eigenvalue weighted by Crippen LogP contribution is -2.21. The van der Waals surface area contributed by atoms with Crippen molar-refractivity contribution in [2.45, 2.75) is 13.0 Å². The van der Waals surface area contributed by atoms with E-state index < -0.39 is 18.0 Å². The van der Waals surface area contributed by atoms with Crippen molar-refractivity contribution in [2.24, 2.45) is 5.92 Å². The van der Waals surface area contributed by atoms with Gasteiger partial charge in [-0.2, -0.15) is 0 Å². The summed E-state index contributed by atoms with van der Waals surface area (Å²) in [5, 5.41) is 10.2. The van der Waals surface area contributed by atoms with Crippen LogP contribution in [-0.2, 0) is 9.53 Å². The highest BCUT2D eigenvalue weighted by Crippen LogP contribution is 2.38. The van der Waals surface area contributed by atoms with E-state index in [1.165, 1.54) is 21.3 Å². The van der Waals surface area contributed by atoms with E-state index in [9.17, 15) is 9.90 Å². The number of aliphatic hydroxyl groups is 1. The highest BCUT2D eigenvalue weighted by atomic mass is 79.9. The first-order valence-corrected chi connectivity index (χ1v) is 6.42. The van der Waals surface area contributed by atoms with Crippen LogP contribution in [-0.4, -0.2) is 32.4 Å². The van der Waals surface area contributed by atoms with Gasteiger partial charge < -0.3 is 19.3 Å². The van der Waals surface area contributed by atoms with Gasteiger partial charge in [-0.25, -0.2) is 0 Å². The molecule has 0 spiro atoms. The minimum Gasteiger partial charge on any atom is -0.493 e. The summed E-state index contributed by atoms with van der Waals surface area (Å²) in [5.74, 6) is -0.138. The zero-order valence-electron chi connectivity index (χ0n) is 11.3. The molecule has 0 aliphatic carbocycles. The highest BCUT2D eigenvalue weighted by Gasteiger charge is 2.27. The Kier molecular flexibility index (Phi) is 5.62. The summed E-state index contributed by atoms with van der Waals surface area (Å²) >= 11 is 3.34. The number of ether oxygens (including phenoxy) is 3. The van der Waals surface area contributed by atoms with Gasteiger partial charge in [-0.15, -0.1) is 0 Å². The summed E-state index contributed by atoms with van der Waals surface area (Å²) in [6.45, 7) is 1.60. The molecule has 0 heterocycles. The van der Waals surface area contributed by atoms with Gasteiger partial charge in [0.05, 0.1) is 33.4 Å². The van der Waals surface area contributed by atoms with Crippen LogP contribution >= 0.6 is 15.9 Å². The smallest absolute Gasteiger partial charge is 0.311 e. The first kappa shape index (κ1) is 15.8. The van der Waals surface area contributed by atoms with E-state index in [0.29, 0.717) is 21.5 Å². The third-order valence-electron chi connectivity index (χ3n) is 2.87. The summed E-state index contributed by atoms with van der Waals surface area (Å²) in [6.07, 6.45) is -0.998. The Balaban J connectivity index is 3.16. The molecule has 0 radical (unpaired) electrons. The van der Waals surface area contributed by atoms with Crippen LogP contribution in [0.1, 0.15) is 18.6 Å². The molecule has 2 unspecified atom stereocenters. The molecule has 0 aromatic heterocycles. The average Bonchev–Trinajstić information content (AvgIpc) is 2.44. The number of hydrogen-bond acceptors (Lipinski definition) is 5. The number of esters is 1.